The SMILES string of the molecule is CNc1cccc(N(CCC(C)C)CCC(C)C)n1. The Balaban J connectivity index is 2.74. The molecule has 0 unspecified atom stereocenters. The van der Waals surface area contributed by atoms with Crippen LogP contribution in [0.1, 0.15) is 40.5 Å². The van der Waals surface area contributed by atoms with Crippen LogP contribution >= 0.6 is 0 Å². The number of nitrogens with zero attached hydrogens (tertiary/aromatic N) is 2. The van der Waals surface area contributed by atoms with E-state index in [1.165, 1.54) is 12.8 Å². The predicted octanol–water partition coefficient (Wildman–Crippen LogP) is 4.02. The van der Waals surface area contributed by atoms with Crippen molar-refractivity contribution in [2.24, 2.45) is 11.8 Å². The van der Waals surface area contributed by atoms with Gasteiger partial charge in [0.15, 0.2) is 0 Å². The minimum Gasteiger partial charge on any atom is -0.373 e. The van der Waals surface area contributed by atoms with Crippen LogP contribution in [0.2, 0.25) is 0 Å². The van der Waals surface area contributed by atoms with Crippen LogP contribution in [-0.4, -0.2) is 25.1 Å². The average molecular weight is 263 g/mol. The van der Waals surface area contributed by atoms with Gasteiger partial charge in [0.05, 0.1) is 0 Å². The van der Waals surface area contributed by atoms with E-state index in [-0.39, 0.29) is 0 Å². The summed E-state index contributed by atoms with van der Waals surface area (Å²) in [6, 6.07) is 6.19. The Bertz CT molecular complexity index is 349. The summed E-state index contributed by atoms with van der Waals surface area (Å²) in [7, 11) is 1.92. The van der Waals surface area contributed by atoms with E-state index in [2.05, 4.69) is 55.0 Å². The van der Waals surface area contributed by atoms with Gasteiger partial charge in [-0.05, 0) is 36.8 Å². The molecule has 0 aliphatic carbocycles. The van der Waals surface area contributed by atoms with Gasteiger partial charge in [0.2, 0.25) is 0 Å². The molecule has 0 aliphatic rings. The molecule has 1 heterocycles. The van der Waals surface area contributed by atoms with E-state index in [0.717, 1.165) is 36.6 Å². The smallest absolute Gasteiger partial charge is 0.130 e. The molecule has 3 heteroatoms. The van der Waals surface area contributed by atoms with Gasteiger partial charge in [0.1, 0.15) is 11.6 Å². The Morgan fingerprint density at radius 2 is 1.63 bits per heavy atom. The van der Waals surface area contributed by atoms with Crippen molar-refractivity contribution in [3.8, 4) is 0 Å². The maximum absolute atomic E-state index is 4.66. The van der Waals surface area contributed by atoms with E-state index >= 15 is 0 Å². The van der Waals surface area contributed by atoms with Gasteiger partial charge >= 0.3 is 0 Å². The number of aromatic nitrogens is 1. The van der Waals surface area contributed by atoms with Crippen molar-refractivity contribution < 1.29 is 0 Å². The third-order valence-corrected chi connectivity index (χ3v) is 3.27. The monoisotopic (exact) mass is 263 g/mol. The average Bonchev–Trinajstić information content (AvgIpc) is 2.38. The molecule has 1 rings (SSSR count). The number of nitrogens with one attached hydrogen (secondary N) is 1. The second kappa shape index (κ2) is 8.03. The molecule has 19 heavy (non-hydrogen) atoms. The van der Waals surface area contributed by atoms with Gasteiger partial charge in [-0.25, -0.2) is 4.98 Å². The Hall–Kier alpha value is -1.25. The Kier molecular flexibility index (Phi) is 6.68. The maximum Gasteiger partial charge on any atom is 0.130 e. The van der Waals surface area contributed by atoms with Gasteiger partial charge in [-0.15, -0.1) is 0 Å². The van der Waals surface area contributed by atoms with Gasteiger partial charge in [-0.1, -0.05) is 33.8 Å². The second-order valence-corrected chi connectivity index (χ2v) is 5.98. The number of rotatable bonds is 8. The number of hydrogen-bond donors (Lipinski definition) is 1. The van der Waals surface area contributed by atoms with Crippen LogP contribution in [0.3, 0.4) is 0 Å². The molecule has 1 aromatic rings. The fourth-order valence-electron chi connectivity index (χ4n) is 1.91. The lowest BCUT2D eigenvalue weighted by molar-refractivity contribution is 0.533. The highest BCUT2D eigenvalue weighted by Gasteiger charge is 2.10. The first-order chi connectivity index (χ1) is 9.02. The molecule has 0 saturated carbocycles. The summed E-state index contributed by atoms with van der Waals surface area (Å²) in [6.07, 6.45) is 2.42. The molecule has 0 atom stereocenters. The maximum atomic E-state index is 4.66. The summed E-state index contributed by atoms with van der Waals surface area (Å²) >= 11 is 0. The molecule has 0 saturated heterocycles. The van der Waals surface area contributed by atoms with E-state index in [1.54, 1.807) is 0 Å². The van der Waals surface area contributed by atoms with Crippen LogP contribution in [0.25, 0.3) is 0 Å². The largest absolute Gasteiger partial charge is 0.373 e. The minimum atomic E-state index is 0.731. The highest BCUT2D eigenvalue weighted by Crippen LogP contribution is 2.17. The summed E-state index contributed by atoms with van der Waals surface area (Å²) in [5.74, 6) is 3.49. The van der Waals surface area contributed by atoms with Gasteiger partial charge < -0.3 is 10.2 Å². The minimum absolute atomic E-state index is 0.731. The topological polar surface area (TPSA) is 28.2 Å². The molecule has 1 N–H and O–H groups in total. The Labute approximate surface area is 118 Å². The molecule has 0 fully saturated rings. The molecule has 0 aliphatic heterocycles. The summed E-state index contributed by atoms with van der Waals surface area (Å²) in [5.41, 5.74) is 0. The molecular formula is C16H29N3. The van der Waals surface area contributed by atoms with Crippen molar-refractivity contribution in [3.63, 3.8) is 0 Å². The Morgan fingerprint density at radius 1 is 1.05 bits per heavy atom. The highest BCUT2D eigenvalue weighted by atomic mass is 15.2. The van der Waals surface area contributed by atoms with Crippen LogP contribution in [-0.2, 0) is 0 Å². The molecule has 108 valence electrons. The molecular weight excluding hydrogens is 234 g/mol. The Morgan fingerprint density at radius 3 is 2.11 bits per heavy atom. The first kappa shape index (κ1) is 15.8. The molecule has 0 amide bonds. The third-order valence-electron chi connectivity index (χ3n) is 3.27. The van der Waals surface area contributed by atoms with Crippen molar-refractivity contribution in [3.05, 3.63) is 18.2 Å². The molecule has 3 nitrogen and oxygen atoms in total. The van der Waals surface area contributed by atoms with E-state index in [4.69, 9.17) is 0 Å². The number of hydrogen-bond acceptors (Lipinski definition) is 3. The third kappa shape index (κ3) is 5.95. The highest BCUT2D eigenvalue weighted by molar-refractivity contribution is 5.46. The summed E-state index contributed by atoms with van der Waals surface area (Å²) in [4.78, 5) is 7.08. The van der Waals surface area contributed by atoms with E-state index < -0.39 is 0 Å². The lowest BCUT2D eigenvalue weighted by atomic mass is 10.1. The first-order valence-electron chi connectivity index (χ1n) is 7.42. The molecule has 0 spiro atoms. The van der Waals surface area contributed by atoms with Crippen LogP contribution < -0.4 is 10.2 Å². The van der Waals surface area contributed by atoms with Crippen molar-refractivity contribution in [1.82, 2.24) is 4.98 Å². The fraction of sp³-hybridized carbons (Fsp3) is 0.688. The lowest BCUT2D eigenvalue weighted by Gasteiger charge is -2.25. The van der Waals surface area contributed by atoms with Crippen LogP contribution in [0.15, 0.2) is 18.2 Å². The van der Waals surface area contributed by atoms with Crippen LogP contribution in [0, 0.1) is 11.8 Å². The molecule has 1 aromatic heterocycles. The van der Waals surface area contributed by atoms with E-state index in [9.17, 15) is 0 Å². The van der Waals surface area contributed by atoms with Crippen molar-refractivity contribution in [1.29, 1.82) is 0 Å². The zero-order chi connectivity index (χ0) is 14.3. The first-order valence-corrected chi connectivity index (χ1v) is 7.42. The van der Waals surface area contributed by atoms with Crippen molar-refractivity contribution in [2.45, 2.75) is 40.5 Å². The zero-order valence-electron chi connectivity index (χ0n) is 13.1. The number of pyridine rings is 1. The summed E-state index contributed by atoms with van der Waals surface area (Å²) in [6.45, 7) is 11.3. The normalized spacial score (nSPS) is 11.1. The lowest BCUT2D eigenvalue weighted by Crippen LogP contribution is -2.28. The molecule has 0 aromatic carbocycles. The molecule has 0 bridgehead atoms. The summed E-state index contributed by atoms with van der Waals surface area (Å²) < 4.78 is 0. The fourth-order valence-corrected chi connectivity index (χ4v) is 1.91. The predicted molar refractivity (Wildman–Crippen MR) is 84.9 cm³/mol. The van der Waals surface area contributed by atoms with Crippen molar-refractivity contribution in [2.75, 3.05) is 30.4 Å². The van der Waals surface area contributed by atoms with Gasteiger partial charge in [-0.2, -0.15) is 0 Å². The van der Waals surface area contributed by atoms with E-state index in [1.807, 2.05) is 13.1 Å². The zero-order valence-corrected chi connectivity index (χ0v) is 13.1. The summed E-state index contributed by atoms with van der Waals surface area (Å²) in [5, 5.41) is 3.11. The quantitative estimate of drug-likeness (QED) is 0.767. The van der Waals surface area contributed by atoms with Gasteiger partial charge in [0, 0.05) is 20.1 Å². The van der Waals surface area contributed by atoms with Crippen LogP contribution in [0.4, 0.5) is 11.6 Å². The van der Waals surface area contributed by atoms with Gasteiger partial charge in [-0.3, -0.25) is 0 Å². The number of anilines is 2. The second-order valence-electron chi connectivity index (χ2n) is 5.98. The van der Waals surface area contributed by atoms with Crippen LogP contribution in [0.5, 0.6) is 0 Å². The van der Waals surface area contributed by atoms with E-state index in [0.29, 0.717) is 0 Å². The van der Waals surface area contributed by atoms with Crippen molar-refractivity contribution >= 4 is 11.6 Å². The van der Waals surface area contributed by atoms with Gasteiger partial charge in [0.25, 0.3) is 0 Å². The standard InChI is InChI=1S/C16H29N3/c1-13(2)9-11-19(12-10-14(3)4)16-8-6-7-15(17-5)18-16/h6-8,13-14H,9-12H2,1-5H3,(H,17,18). The molecule has 0 radical (unpaired) electrons.